The molecule has 4 rings (SSSR count). The molecule has 1 heterocycles. The van der Waals surface area contributed by atoms with Gasteiger partial charge in [-0.2, -0.15) is 4.57 Å². The SMILES string of the molecule is CC[n+]1c(Cc2ccccc2)sc2ccccc21.Cc1ccc(S(=O)(=O)[O-])cc1. The number of hydrogen-bond donors (Lipinski definition) is 0. The average molecular weight is 426 g/mol. The van der Waals surface area contributed by atoms with Crippen LogP contribution in [0.5, 0.6) is 0 Å². The summed E-state index contributed by atoms with van der Waals surface area (Å²) < 4.78 is 35.0. The minimum atomic E-state index is -4.27. The summed E-state index contributed by atoms with van der Waals surface area (Å²) in [4.78, 5) is -0.178. The van der Waals surface area contributed by atoms with E-state index in [2.05, 4.69) is 66.1 Å². The smallest absolute Gasteiger partial charge is 0.242 e. The molecule has 0 spiro atoms. The van der Waals surface area contributed by atoms with E-state index >= 15 is 0 Å². The van der Waals surface area contributed by atoms with Gasteiger partial charge in [-0.15, -0.1) is 0 Å². The lowest BCUT2D eigenvalue weighted by Gasteiger charge is -2.05. The second kappa shape index (κ2) is 9.31. The number of hydrogen-bond acceptors (Lipinski definition) is 4. The second-order valence-corrected chi connectivity index (χ2v) is 9.13. The van der Waals surface area contributed by atoms with E-state index in [1.807, 2.05) is 18.3 Å². The highest BCUT2D eigenvalue weighted by atomic mass is 32.2. The van der Waals surface area contributed by atoms with Crippen molar-refractivity contribution >= 4 is 31.7 Å². The van der Waals surface area contributed by atoms with Crippen LogP contribution in [0.4, 0.5) is 0 Å². The van der Waals surface area contributed by atoms with Gasteiger partial charge >= 0.3 is 0 Å². The van der Waals surface area contributed by atoms with Crippen LogP contribution in [0.3, 0.4) is 0 Å². The fourth-order valence-corrected chi connectivity index (χ4v) is 4.77. The van der Waals surface area contributed by atoms with Crippen molar-refractivity contribution in [2.75, 3.05) is 0 Å². The maximum atomic E-state index is 10.4. The summed E-state index contributed by atoms with van der Waals surface area (Å²) in [6.45, 7) is 5.07. The second-order valence-electron chi connectivity index (χ2n) is 6.64. The molecule has 1 aromatic heterocycles. The molecule has 0 aliphatic heterocycles. The van der Waals surface area contributed by atoms with Crippen molar-refractivity contribution in [1.82, 2.24) is 0 Å². The van der Waals surface area contributed by atoms with Crippen LogP contribution < -0.4 is 4.57 Å². The molecule has 0 amide bonds. The Hall–Kier alpha value is -2.54. The van der Waals surface area contributed by atoms with E-state index in [1.54, 1.807) is 12.1 Å². The summed E-state index contributed by atoms with van der Waals surface area (Å²) in [6.07, 6.45) is 1.02. The third-order valence-electron chi connectivity index (χ3n) is 4.51. The Labute approximate surface area is 175 Å². The van der Waals surface area contributed by atoms with Gasteiger partial charge in [-0.3, -0.25) is 0 Å². The fourth-order valence-electron chi connectivity index (χ4n) is 3.04. The highest BCUT2D eigenvalue weighted by Gasteiger charge is 2.18. The summed E-state index contributed by atoms with van der Waals surface area (Å²) in [5, 5.41) is 1.44. The molecule has 0 aliphatic rings. The number of fused-ring (bicyclic) bond motifs is 1. The van der Waals surface area contributed by atoms with E-state index in [0.717, 1.165) is 18.5 Å². The van der Waals surface area contributed by atoms with E-state index < -0.39 is 10.1 Å². The van der Waals surface area contributed by atoms with Crippen molar-refractivity contribution < 1.29 is 17.5 Å². The minimum Gasteiger partial charge on any atom is -0.744 e. The van der Waals surface area contributed by atoms with Crippen LogP contribution >= 0.6 is 11.3 Å². The summed E-state index contributed by atoms with van der Waals surface area (Å²) in [7, 11) is -4.27. The van der Waals surface area contributed by atoms with Crippen LogP contribution in [-0.4, -0.2) is 13.0 Å². The van der Waals surface area contributed by atoms with E-state index in [4.69, 9.17) is 0 Å². The van der Waals surface area contributed by atoms with Crippen molar-refractivity contribution in [3.63, 3.8) is 0 Å². The lowest BCUT2D eigenvalue weighted by molar-refractivity contribution is -0.670. The monoisotopic (exact) mass is 425 g/mol. The normalized spacial score (nSPS) is 11.1. The third kappa shape index (κ3) is 5.50. The average Bonchev–Trinajstić information content (AvgIpc) is 3.06. The zero-order chi connectivity index (χ0) is 20.9. The van der Waals surface area contributed by atoms with Crippen LogP contribution in [0.2, 0.25) is 0 Å². The number of nitrogens with zero attached hydrogens (tertiary/aromatic N) is 1. The summed E-state index contributed by atoms with van der Waals surface area (Å²) >= 11 is 1.91. The zero-order valence-corrected chi connectivity index (χ0v) is 18.0. The van der Waals surface area contributed by atoms with Crippen LogP contribution in [0.15, 0.2) is 83.8 Å². The predicted octanol–water partition coefficient (Wildman–Crippen LogP) is 4.70. The Morgan fingerprint density at radius 1 is 0.897 bits per heavy atom. The van der Waals surface area contributed by atoms with Crippen molar-refractivity contribution in [2.45, 2.75) is 31.7 Å². The molecule has 4 nitrogen and oxygen atoms in total. The molecule has 6 heteroatoms. The first kappa shape index (κ1) is 21.2. The van der Waals surface area contributed by atoms with E-state index in [0.29, 0.717) is 0 Å². The molecule has 0 aliphatic carbocycles. The molecular formula is C23H23NO3S2. The Morgan fingerprint density at radius 3 is 2.14 bits per heavy atom. The topological polar surface area (TPSA) is 61.1 Å². The van der Waals surface area contributed by atoms with Gasteiger partial charge in [-0.1, -0.05) is 71.5 Å². The first-order chi connectivity index (χ1) is 13.9. The highest BCUT2D eigenvalue weighted by Crippen LogP contribution is 2.22. The Bertz CT molecular complexity index is 1180. The van der Waals surface area contributed by atoms with Crippen molar-refractivity contribution in [1.29, 1.82) is 0 Å². The molecule has 0 atom stereocenters. The number of para-hydroxylation sites is 1. The molecule has 0 bridgehead atoms. The maximum absolute atomic E-state index is 10.4. The van der Waals surface area contributed by atoms with Crippen LogP contribution in [0, 0.1) is 6.92 Å². The molecule has 0 fully saturated rings. The molecule has 0 radical (unpaired) electrons. The largest absolute Gasteiger partial charge is 0.744 e. The van der Waals surface area contributed by atoms with Gasteiger partial charge in [0.05, 0.1) is 11.3 Å². The molecular weight excluding hydrogens is 402 g/mol. The third-order valence-corrected chi connectivity index (χ3v) is 6.52. The molecule has 150 valence electrons. The van der Waals surface area contributed by atoms with Crippen molar-refractivity contribution in [2.24, 2.45) is 0 Å². The van der Waals surface area contributed by atoms with Gasteiger partial charge in [0, 0.05) is 6.07 Å². The first-order valence-electron chi connectivity index (χ1n) is 9.35. The Kier molecular flexibility index (Phi) is 6.79. The number of thiazole rings is 1. The van der Waals surface area contributed by atoms with Crippen molar-refractivity contribution in [3.05, 3.63) is 95.0 Å². The maximum Gasteiger partial charge on any atom is 0.242 e. The van der Waals surface area contributed by atoms with Gasteiger partial charge in [0.2, 0.25) is 10.5 Å². The zero-order valence-electron chi connectivity index (χ0n) is 16.4. The number of aryl methyl sites for hydroxylation is 2. The molecule has 0 saturated carbocycles. The van der Waals surface area contributed by atoms with Gasteiger partial charge in [0.25, 0.3) is 0 Å². The fraction of sp³-hybridized carbons (Fsp3) is 0.174. The van der Waals surface area contributed by atoms with Gasteiger partial charge in [0.15, 0.2) is 0 Å². The summed E-state index contributed by atoms with van der Waals surface area (Å²) in [5.74, 6) is 0. The van der Waals surface area contributed by atoms with Gasteiger partial charge < -0.3 is 4.55 Å². The lowest BCUT2D eigenvalue weighted by Crippen LogP contribution is -2.34. The Morgan fingerprint density at radius 2 is 1.52 bits per heavy atom. The highest BCUT2D eigenvalue weighted by molar-refractivity contribution is 7.85. The van der Waals surface area contributed by atoms with Gasteiger partial charge in [-0.05, 0) is 37.6 Å². The molecule has 0 unspecified atom stereocenters. The molecule has 29 heavy (non-hydrogen) atoms. The molecule has 4 aromatic rings. The number of benzene rings is 3. The molecule has 0 N–H and O–H groups in total. The molecule has 0 saturated heterocycles. The minimum absolute atomic E-state index is 0.178. The predicted molar refractivity (Wildman–Crippen MR) is 116 cm³/mol. The quantitative estimate of drug-likeness (QED) is 0.352. The van der Waals surface area contributed by atoms with Gasteiger partial charge in [-0.25, -0.2) is 8.42 Å². The van der Waals surface area contributed by atoms with E-state index in [1.165, 1.54) is 32.9 Å². The summed E-state index contributed by atoms with van der Waals surface area (Å²) in [5.41, 5.74) is 3.67. The van der Waals surface area contributed by atoms with Crippen LogP contribution in [0.1, 0.15) is 23.1 Å². The van der Waals surface area contributed by atoms with Crippen molar-refractivity contribution in [3.8, 4) is 0 Å². The Balaban J connectivity index is 0.000000188. The van der Waals surface area contributed by atoms with E-state index in [-0.39, 0.29) is 4.90 Å². The van der Waals surface area contributed by atoms with Gasteiger partial charge in [0.1, 0.15) is 21.4 Å². The first-order valence-corrected chi connectivity index (χ1v) is 11.6. The van der Waals surface area contributed by atoms with E-state index in [9.17, 15) is 13.0 Å². The van der Waals surface area contributed by atoms with Crippen LogP contribution in [0.25, 0.3) is 10.2 Å². The number of aromatic nitrogens is 1. The molecule has 3 aromatic carbocycles. The summed E-state index contributed by atoms with van der Waals surface area (Å²) in [6, 6.07) is 25.1. The van der Waals surface area contributed by atoms with Crippen LogP contribution in [-0.2, 0) is 23.1 Å². The standard InChI is InChI=1S/C16H16NS.C7H8O3S/c1-2-17-14-10-6-7-11-15(14)18-16(17)12-13-8-4-3-5-9-13;1-6-2-4-7(5-3-6)11(8,9)10/h3-11H,2,12H2,1H3;2-5H,1H3,(H,8,9,10)/q+1;/p-1. The lowest BCUT2D eigenvalue weighted by atomic mass is 10.1. The number of rotatable bonds is 4.